The SMILES string of the molecule is CCS(=O)(=O)CNc1nc(-c2ccc(OCCCCCOc3ccc(C(N)=NO)cc3)cc2)c(C(C)C)s1. The van der Waals surface area contributed by atoms with Crippen LogP contribution in [0.15, 0.2) is 53.7 Å². The zero-order chi connectivity index (χ0) is 27.5. The lowest BCUT2D eigenvalue weighted by Gasteiger charge is -2.09. The summed E-state index contributed by atoms with van der Waals surface area (Å²) < 4.78 is 35.3. The molecule has 11 heteroatoms. The van der Waals surface area contributed by atoms with Crippen LogP contribution in [0.5, 0.6) is 11.5 Å². The maximum Gasteiger partial charge on any atom is 0.184 e. The summed E-state index contributed by atoms with van der Waals surface area (Å²) in [5, 5.41) is 15.3. The standard InChI is InChI=1S/C27H36N4O5S2/c1-4-38(33,34)18-29-27-30-24(25(37-27)19(2)3)20-8-12-22(13-9-20)35-16-6-5-7-17-36-23-14-10-21(11-15-23)26(28)31-32/h8-15,19,32H,4-7,16-18H2,1-3H3,(H2,28,31)(H,29,30). The molecule has 0 aliphatic carbocycles. The Morgan fingerprint density at radius 1 is 1.03 bits per heavy atom. The van der Waals surface area contributed by atoms with Crippen molar-refractivity contribution in [2.75, 3.05) is 30.2 Å². The van der Waals surface area contributed by atoms with Gasteiger partial charge in [-0.15, -0.1) is 11.3 Å². The molecule has 38 heavy (non-hydrogen) atoms. The monoisotopic (exact) mass is 560 g/mol. The van der Waals surface area contributed by atoms with Gasteiger partial charge in [-0.2, -0.15) is 0 Å². The van der Waals surface area contributed by atoms with Gasteiger partial charge in [0.2, 0.25) is 0 Å². The van der Waals surface area contributed by atoms with Gasteiger partial charge in [0.25, 0.3) is 0 Å². The number of ether oxygens (including phenoxy) is 2. The molecule has 0 unspecified atom stereocenters. The van der Waals surface area contributed by atoms with Crippen LogP contribution < -0.4 is 20.5 Å². The van der Waals surface area contributed by atoms with E-state index in [1.165, 1.54) is 11.3 Å². The molecule has 0 saturated carbocycles. The fourth-order valence-corrected chi connectivity index (χ4v) is 5.17. The summed E-state index contributed by atoms with van der Waals surface area (Å²) >= 11 is 1.50. The van der Waals surface area contributed by atoms with E-state index < -0.39 is 9.84 Å². The van der Waals surface area contributed by atoms with Crippen LogP contribution in [0.25, 0.3) is 11.3 Å². The molecule has 9 nitrogen and oxygen atoms in total. The molecule has 0 radical (unpaired) electrons. The number of hydrogen-bond acceptors (Lipinski definition) is 9. The highest BCUT2D eigenvalue weighted by Crippen LogP contribution is 2.36. The predicted molar refractivity (Wildman–Crippen MR) is 153 cm³/mol. The van der Waals surface area contributed by atoms with E-state index in [2.05, 4.69) is 29.3 Å². The fourth-order valence-electron chi connectivity index (χ4n) is 3.53. The van der Waals surface area contributed by atoms with E-state index in [1.54, 1.807) is 31.2 Å². The van der Waals surface area contributed by atoms with Crippen molar-refractivity contribution in [2.45, 2.75) is 46.0 Å². The number of nitrogens with zero attached hydrogens (tertiary/aromatic N) is 2. The zero-order valence-electron chi connectivity index (χ0n) is 22.0. The van der Waals surface area contributed by atoms with Gasteiger partial charge in [-0.1, -0.05) is 25.9 Å². The summed E-state index contributed by atoms with van der Waals surface area (Å²) in [7, 11) is -3.13. The number of amidine groups is 1. The topological polar surface area (TPSA) is 136 Å². The lowest BCUT2D eigenvalue weighted by Crippen LogP contribution is -2.15. The number of rotatable bonds is 15. The third-order valence-electron chi connectivity index (χ3n) is 5.77. The van der Waals surface area contributed by atoms with Gasteiger partial charge in [0, 0.05) is 21.8 Å². The molecule has 2 aromatic carbocycles. The summed E-state index contributed by atoms with van der Waals surface area (Å²) in [4.78, 5) is 5.79. The van der Waals surface area contributed by atoms with E-state index >= 15 is 0 Å². The van der Waals surface area contributed by atoms with Crippen molar-refractivity contribution in [1.82, 2.24) is 4.98 Å². The summed E-state index contributed by atoms with van der Waals surface area (Å²) in [5.74, 6) is 1.85. The molecule has 0 fully saturated rings. The summed E-state index contributed by atoms with van der Waals surface area (Å²) in [6, 6.07) is 14.9. The Hall–Kier alpha value is -3.31. The van der Waals surface area contributed by atoms with Gasteiger partial charge in [-0.05, 0) is 73.7 Å². The number of nitrogens with one attached hydrogen (secondary N) is 1. The number of benzene rings is 2. The number of unbranched alkanes of at least 4 members (excludes halogenated alkanes) is 2. The largest absolute Gasteiger partial charge is 0.494 e. The Kier molecular flexibility index (Phi) is 10.8. The van der Waals surface area contributed by atoms with Gasteiger partial charge in [0.15, 0.2) is 20.8 Å². The minimum atomic E-state index is -3.13. The summed E-state index contributed by atoms with van der Waals surface area (Å²) in [6.07, 6.45) is 2.79. The molecule has 0 aliphatic rings. The number of aromatic nitrogens is 1. The summed E-state index contributed by atoms with van der Waals surface area (Å²) in [5.41, 5.74) is 8.04. The van der Waals surface area contributed by atoms with Crippen LogP contribution in [-0.2, 0) is 9.84 Å². The second-order valence-corrected chi connectivity index (χ2v) is 12.4. The van der Waals surface area contributed by atoms with Gasteiger partial charge in [-0.3, -0.25) is 0 Å². The van der Waals surface area contributed by atoms with Crippen LogP contribution in [0.4, 0.5) is 5.13 Å². The van der Waals surface area contributed by atoms with Crippen molar-refractivity contribution in [1.29, 1.82) is 0 Å². The Morgan fingerprint density at radius 3 is 2.13 bits per heavy atom. The number of sulfone groups is 1. The second-order valence-electron chi connectivity index (χ2n) is 9.03. The Morgan fingerprint density at radius 2 is 1.61 bits per heavy atom. The van der Waals surface area contributed by atoms with Crippen molar-refractivity contribution in [3.05, 3.63) is 59.0 Å². The maximum absolute atomic E-state index is 11.8. The number of nitrogens with two attached hydrogens (primary N) is 1. The average Bonchev–Trinajstić information content (AvgIpc) is 3.36. The van der Waals surface area contributed by atoms with Crippen LogP contribution in [0.2, 0.25) is 0 Å². The third kappa shape index (κ3) is 8.63. The molecular formula is C27H36N4O5S2. The average molecular weight is 561 g/mol. The van der Waals surface area contributed by atoms with Gasteiger partial charge in [-0.25, -0.2) is 13.4 Å². The molecule has 0 amide bonds. The molecule has 3 aromatic rings. The van der Waals surface area contributed by atoms with Crippen LogP contribution in [0, 0.1) is 0 Å². The molecule has 3 rings (SSSR count). The van der Waals surface area contributed by atoms with Crippen LogP contribution in [-0.4, -0.2) is 49.3 Å². The minimum Gasteiger partial charge on any atom is -0.494 e. The van der Waals surface area contributed by atoms with Crippen LogP contribution in [0.1, 0.15) is 56.4 Å². The first-order valence-electron chi connectivity index (χ1n) is 12.6. The van der Waals surface area contributed by atoms with Crippen molar-refractivity contribution >= 4 is 32.1 Å². The highest BCUT2D eigenvalue weighted by molar-refractivity contribution is 7.91. The fraction of sp³-hybridized carbons (Fsp3) is 0.407. The van der Waals surface area contributed by atoms with E-state index in [4.69, 9.17) is 20.4 Å². The highest BCUT2D eigenvalue weighted by Gasteiger charge is 2.17. The molecular weight excluding hydrogens is 524 g/mol. The molecule has 0 bridgehead atoms. The zero-order valence-corrected chi connectivity index (χ0v) is 23.6. The van der Waals surface area contributed by atoms with E-state index in [9.17, 15) is 8.42 Å². The first kappa shape index (κ1) is 29.2. The van der Waals surface area contributed by atoms with E-state index in [0.717, 1.165) is 46.9 Å². The van der Waals surface area contributed by atoms with Gasteiger partial charge in [0.1, 0.15) is 17.4 Å². The van der Waals surface area contributed by atoms with Crippen molar-refractivity contribution in [3.8, 4) is 22.8 Å². The highest BCUT2D eigenvalue weighted by atomic mass is 32.2. The first-order chi connectivity index (χ1) is 18.2. The normalized spacial score (nSPS) is 12.1. The van der Waals surface area contributed by atoms with Crippen molar-refractivity contribution in [2.24, 2.45) is 10.9 Å². The maximum atomic E-state index is 11.8. The van der Waals surface area contributed by atoms with Gasteiger partial charge in [0.05, 0.1) is 18.9 Å². The van der Waals surface area contributed by atoms with Crippen LogP contribution >= 0.6 is 11.3 Å². The summed E-state index contributed by atoms with van der Waals surface area (Å²) in [6.45, 7) is 7.06. The number of thiazole rings is 1. The molecule has 0 aliphatic heterocycles. The second kappa shape index (κ2) is 14.0. The Balaban J connectivity index is 1.43. The molecule has 0 atom stereocenters. The van der Waals surface area contributed by atoms with Gasteiger partial charge < -0.3 is 25.7 Å². The lowest BCUT2D eigenvalue weighted by atomic mass is 10.1. The lowest BCUT2D eigenvalue weighted by molar-refractivity contribution is 0.279. The number of anilines is 1. The Bertz CT molecular complexity index is 1290. The Labute approximate surface area is 228 Å². The van der Waals surface area contributed by atoms with Gasteiger partial charge >= 0.3 is 0 Å². The third-order valence-corrected chi connectivity index (χ3v) is 8.55. The van der Waals surface area contributed by atoms with Crippen molar-refractivity contribution in [3.63, 3.8) is 0 Å². The minimum absolute atomic E-state index is 0.0680. The van der Waals surface area contributed by atoms with Crippen molar-refractivity contribution < 1.29 is 23.1 Å². The smallest absolute Gasteiger partial charge is 0.184 e. The quantitative estimate of drug-likeness (QED) is 0.0733. The molecule has 1 aromatic heterocycles. The first-order valence-corrected chi connectivity index (χ1v) is 15.2. The molecule has 0 saturated heterocycles. The molecule has 206 valence electrons. The number of oxime groups is 1. The van der Waals surface area contributed by atoms with E-state index in [1.807, 2.05) is 24.3 Å². The van der Waals surface area contributed by atoms with Crippen LogP contribution in [0.3, 0.4) is 0 Å². The van der Waals surface area contributed by atoms with E-state index in [-0.39, 0.29) is 23.4 Å². The molecule has 1 heterocycles. The molecule has 0 spiro atoms. The van der Waals surface area contributed by atoms with E-state index in [0.29, 0.717) is 23.9 Å². The molecule has 4 N–H and O–H groups in total. The number of hydrogen-bond donors (Lipinski definition) is 3. The predicted octanol–water partition coefficient (Wildman–Crippen LogP) is 5.46.